The van der Waals surface area contributed by atoms with Crippen molar-refractivity contribution in [2.24, 2.45) is 16.6 Å². The Balaban J connectivity index is 2.04. The number of hydrogen-bond donors (Lipinski definition) is 3. The molecule has 8 heteroatoms. The van der Waals surface area contributed by atoms with E-state index in [4.69, 9.17) is 19.9 Å². The molecule has 1 aromatic carbocycles. The Morgan fingerprint density at radius 2 is 1.79 bits per heavy atom. The molecule has 8 nitrogen and oxygen atoms in total. The Labute approximate surface area is 169 Å². The maximum absolute atomic E-state index is 10.6. The number of methoxy groups -OCH3 is 3. The van der Waals surface area contributed by atoms with Crippen LogP contribution in [0.5, 0.6) is 5.75 Å². The average molecular weight is 395 g/mol. The summed E-state index contributed by atoms with van der Waals surface area (Å²) in [5.41, 5.74) is 6.50. The molecule has 0 fully saturated rings. The Morgan fingerprint density at radius 1 is 1.10 bits per heavy atom. The van der Waals surface area contributed by atoms with E-state index in [-0.39, 0.29) is 5.84 Å². The summed E-state index contributed by atoms with van der Waals surface area (Å²) < 4.78 is 16.8. The van der Waals surface area contributed by atoms with Crippen LogP contribution in [0.25, 0.3) is 0 Å². The molecule has 0 saturated heterocycles. The molecule has 0 radical (unpaired) electrons. The molecule has 0 unspecified atom stereocenters. The van der Waals surface area contributed by atoms with Crippen LogP contribution in [0.15, 0.2) is 35.5 Å². The van der Waals surface area contributed by atoms with Gasteiger partial charge in [-0.25, -0.2) is 4.99 Å². The molecule has 29 heavy (non-hydrogen) atoms. The van der Waals surface area contributed by atoms with Crippen molar-refractivity contribution in [3.8, 4) is 17.9 Å². The largest absolute Gasteiger partial charge is 0.497 e. The average Bonchev–Trinajstić information content (AvgIpc) is 3.32. The van der Waals surface area contributed by atoms with E-state index in [1.165, 1.54) is 14.2 Å². The third-order valence-corrected chi connectivity index (χ3v) is 6.75. The summed E-state index contributed by atoms with van der Waals surface area (Å²) in [6.45, 7) is 0. The lowest BCUT2D eigenvalue weighted by atomic mass is 9.53. The predicted octanol–water partition coefficient (Wildman–Crippen LogP) is -0.831. The minimum atomic E-state index is -1.55. The molecule has 150 valence electrons. The van der Waals surface area contributed by atoms with E-state index in [2.05, 4.69) is 22.4 Å². The molecule has 0 bridgehead atoms. The number of nitrogens with two attached hydrogens (primary N) is 2. The normalized spacial score (nSPS) is 32.0. The summed E-state index contributed by atoms with van der Waals surface area (Å²) in [6, 6.07) is 11.9. The lowest BCUT2D eigenvalue weighted by Crippen LogP contribution is -2.92. The van der Waals surface area contributed by atoms with Crippen LogP contribution in [-0.4, -0.2) is 33.1 Å². The van der Waals surface area contributed by atoms with E-state index in [1.54, 1.807) is 7.11 Å². The molecular weight excluding hydrogens is 370 g/mol. The molecule has 0 spiro atoms. The standard InChI is InChI=1S/C21H23N5O3/c1-27-14-9-7-13(8-10-14)17-19(11-22)18(24)26-21(28-2,29-3)20(19,12-23)15-5-4-6-16(15)25-17/h7-10,17,25H,4-6H2,1-3H3,(H2,24,26)/p+2/t17-,19-,20+/m0/s1. The van der Waals surface area contributed by atoms with Crippen molar-refractivity contribution in [3.63, 3.8) is 0 Å². The number of nitriles is 2. The second-order valence-corrected chi connectivity index (χ2v) is 7.62. The van der Waals surface area contributed by atoms with Crippen molar-refractivity contribution in [2.75, 3.05) is 21.3 Å². The minimum Gasteiger partial charge on any atom is -0.497 e. The Bertz CT molecular complexity index is 983. The zero-order chi connectivity index (χ0) is 20.9. The SMILES string of the molecule is COc1ccc([C@@H]2[NH2+]C3=C(CCC3)[C@@]3(C#N)C(OC)(OC)[NH+]=C(N)[C@]23C#N)cc1. The van der Waals surface area contributed by atoms with Crippen molar-refractivity contribution >= 4 is 5.84 Å². The van der Waals surface area contributed by atoms with Gasteiger partial charge >= 0.3 is 5.91 Å². The number of nitrogens with zero attached hydrogens (tertiary/aromatic N) is 2. The van der Waals surface area contributed by atoms with Crippen molar-refractivity contribution < 1.29 is 24.5 Å². The van der Waals surface area contributed by atoms with Gasteiger partial charge in [-0.1, -0.05) is 0 Å². The molecule has 5 N–H and O–H groups in total. The summed E-state index contributed by atoms with van der Waals surface area (Å²) in [5, 5.41) is 23.3. The summed E-state index contributed by atoms with van der Waals surface area (Å²) in [6.07, 6.45) is 2.45. The highest BCUT2D eigenvalue weighted by atomic mass is 16.7. The molecule has 0 aromatic heterocycles. The summed E-state index contributed by atoms with van der Waals surface area (Å²) in [7, 11) is 4.53. The van der Waals surface area contributed by atoms with Gasteiger partial charge in [0.15, 0.2) is 0 Å². The lowest BCUT2D eigenvalue weighted by molar-refractivity contribution is -0.699. The zero-order valence-electron chi connectivity index (χ0n) is 16.8. The van der Waals surface area contributed by atoms with Gasteiger partial charge in [0.1, 0.15) is 17.5 Å². The number of benzene rings is 1. The number of amidine groups is 1. The predicted molar refractivity (Wildman–Crippen MR) is 102 cm³/mol. The number of hydrogen-bond acceptors (Lipinski definition) is 6. The van der Waals surface area contributed by atoms with Crippen molar-refractivity contribution in [1.82, 2.24) is 0 Å². The Kier molecular flexibility index (Phi) is 4.39. The summed E-state index contributed by atoms with van der Waals surface area (Å²) >= 11 is 0. The second kappa shape index (κ2) is 6.57. The first kappa shape index (κ1) is 19.4. The van der Waals surface area contributed by atoms with E-state index in [9.17, 15) is 10.5 Å². The monoisotopic (exact) mass is 395 g/mol. The number of ether oxygens (including phenoxy) is 3. The molecule has 0 saturated carbocycles. The van der Waals surface area contributed by atoms with Crippen LogP contribution in [-0.2, 0) is 9.47 Å². The molecule has 3 aliphatic rings. The highest BCUT2D eigenvalue weighted by Gasteiger charge is 2.84. The van der Waals surface area contributed by atoms with E-state index < -0.39 is 22.8 Å². The van der Waals surface area contributed by atoms with E-state index in [1.807, 2.05) is 24.3 Å². The fourth-order valence-electron chi connectivity index (χ4n) is 5.47. The molecule has 2 heterocycles. The minimum absolute atomic E-state index is 0.181. The van der Waals surface area contributed by atoms with Crippen molar-refractivity contribution in [1.29, 1.82) is 10.5 Å². The van der Waals surface area contributed by atoms with Gasteiger partial charge in [-0.2, -0.15) is 10.5 Å². The number of allylic oxidation sites excluding steroid dienone is 1. The fourth-order valence-corrected chi connectivity index (χ4v) is 5.47. The maximum Gasteiger partial charge on any atom is 0.346 e. The van der Waals surface area contributed by atoms with Crippen LogP contribution in [0.1, 0.15) is 30.9 Å². The number of fused-ring (bicyclic) bond motifs is 2. The number of quaternary nitrogens is 1. The summed E-state index contributed by atoms with van der Waals surface area (Å²) in [4.78, 5) is 3.05. The van der Waals surface area contributed by atoms with Gasteiger partial charge in [0.2, 0.25) is 10.8 Å². The maximum atomic E-state index is 10.6. The van der Waals surface area contributed by atoms with E-state index in [0.29, 0.717) is 12.2 Å². The van der Waals surface area contributed by atoms with Crippen LogP contribution in [0.2, 0.25) is 0 Å². The Hall–Kier alpha value is -2.91. The number of rotatable bonds is 4. The molecule has 1 aliphatic carbocycles. The van der Waals surface area contributed by atoms with Gasteiger partial charge < -0.3 is 19.5 Å². The summed E-state index contributed by atoms with van der Waals surface area (Å²) in [5.74, 6) is -0.654. The second-order valence-electron chi connectivity index (χ2n) is 7.62. The third-order valence-electron chi connectivity index (χ3n) is 6.75. The van der Waals surface area contributed by atoms with Gasteiger partial charge in [-0.3, -0.25) is 5.73 Å². The van der Waals surface area contributed by atoms with Gasteiger partial charge in [-0.05, 0) is 37.1 Å². The van der Waals surface area contributed by atoms with E-state index in [0.717, 1.165) is 29.7 Å². The molecule has 3 atom stereocenters. The fraction of sp³-hybridized carbons (Fsp3) is 0.476. The first-order valence-electron chi connectivity index (χ1n) is 9.55. The topological polar surface area (TPSA) is 132 Å². The molecule has 0 amide bonds. The van der Waals surface area contributed by atoms with Crippen molar-refractivity contribution in [3.05, 3.63) is 41.1 Å². The highest BCUT2D eigenvalue weighted by Crippen LogP contribution is 2.61. The van der Waals surface area contributed by atoms with Crippen molar-refractivity contribution in [2.45, 2.75) is 31.2 Å². The van der Waals surface area contributed by atoms with Gasteiger partial charge in [0.25, 0.3) is 5.84 Å². The van der Waals surface area contributed by atoms with Gasteiger partial charge in [0, 0.05) is 31.8 Å². The van der Waals surface area contributed by atoms with Crippen LogP contribution in [0, 0.1) is 33.5 Å². The third kappa shape index (κ3) is 2.09. The molecular formula is C21H25N5O3+2. The zero-order valence-corrected chi connectivity index (χ0v) is 16.8. The molecule has 4 rings (SSSR count). The molecule has 2 aliphatic heterocycles. The first-order chi connectivity index (χ1) is 14.0. The van der Waals surface area contributed by atoms with Crippen LogP contribution < -0.4 is 20.8 Å². The van der Waals surface area contributed by atoms with E-state index >= 15 is 0 Å². The quantitative estimate of drug-likeness (QED) is 0.570. The number of nitrogens with one attached hydrogen (secondary N) is 1. The Morgan fingerprint density at radius 3 is 2.34 bits per heavy atom. The smallest absolute Gasteiger partial charge is 0.346 e. The molecule has 1 aromatic rings. The highest BCUT2D eigenvalue weighted by molar-refractivity contribution is 5.90. The van der Waals surface area contributed by atoms with Gasteiger partial charge in [0.05, 0.1) is 19.2 Å². The van der Waals surface area contributed by atoms with Crippen LogP contribution in [0.3, 0.4) is 0 Å². The van der Waals surface area contributed by atoms with Crippen LogP contribution in [0.4, 0.5) is 0 Å². The lowest BCUT2D eigenvalue weighted by Gasteiger charge is -2.46. The first-order valence-corrected chi connectivity index (χ1v) is 9.55. The van der Waals surface area contributed by atoms with Crippen LogP contribution >= 0.6 is 0 Å². The van der Waals surface area contributed by atoms with Gasteiger partial charge in [-0.15, -0.1) is 0 Å².